The minimum Gasteiger partial charge on any atom is -0.348 e. The van der Waals surface area contributed by atoms with Crippen LogP contribution < -0.4 is 11.2 Å². The fourth-order valence-corrected chi connectivity index (χ4v) is 2.60. The van der Waals surface area contributed by atoms with Crippen molar-refractivity contribution < 1.29 is 0 Å². The van der Waals surface area contributed by atoms with Crippen molar-refractivity contribution in [1.82, 2.24) is 13.7 Å². The molecule has 2 heterocycles. The van der Waals surface area contributed by atoms with E-state index in [4.69, 9.17) is 0 Å². The zero-order chi connectivity index (χ0) is 14.4. The van der Waals surface area contributed by atoms with Crippen molar-refractivity contribution in [2.24, 2.45) is 21.1 Å². The van der Waals surface area contributed by atoms with Gasteiger partial charge >= 0.3 is 5.69 Å². The van der Waals surface area contributed by atoms with Crippen molar-refractivity contribution in [3.63, 3.8) is 0 Å². The maximum absolute atomic E-state index is 12.4. The van der Waals surface area contributed by atoms with Gasteiger partial charge in [-0.1, -0.05) is 30.3 Å². The molecule has 1 aromatic carbocycles. The average molecular weight is 269 g/mol. The molecule has 3 aromatic rings. The molecule has 3 rings (SSSR count). The van der Waals surface area contributed by atoms with E-state index in [2.05, 4.69) is 0 Å². The van der Waals surface area contributed by atoms with Crippen molar-refractivity contribution in [2.45, 2.75) is 0 Å². The first-order chi connectivity index (χ1) is 9.52. The van der Waals surface area contributed by atoms with E-state index in [0.29, 0.717) is 10.9 Å². The van der Waals surface area contributed by atoms with Crippen LogP contribution in [0.15, 0.2) is 46.1 Å². The Bertz CT molecular complexity index is 914. The summed E-state index contributed by atoms with van der Waals surface area (Å²) in [7, 11) is 5.07. The number of aromatic nitrogens is 3. The normalized spacial score (nSPS) is 11.2. The van der Waals surface area contributed by atoms with Crippen LogP contribution in [0, 0.1) is 0 Å². The number of nitrogens with zero attached hydrogens (tertiary/aromatic N) is 3. The van der Waals surface area contributed by atoms with E-state index in [1.807, 2.05) is 48.1 Å². The molecule has 0 bridgehead atoms. The fourth-order valence-electron chi connectivity index (χ4n) is 2.60. The second kappa shape index (κ2) is 4.23. The van der Waals surface area contributed by atoms with Crippen LogP contribution in [0.25, 0.3) is 22.2 Å². The van der Waals surface area contributed by atoms with Gasteiger partial charge in [0.25, 0.3) is 5.56 Å². The van der Waals surface area contributed by atoms with Gasteiger partial charge in [0.2, 0.25) is 0 Å². The van der Waals surface area contributed by atoms with E-state index < -0.39 is 0 Å². The average Bonchev–Trinajstić information content (AvgIpc) is 2.81. The molecule has 0 spiro atoms. The molecular weight excluding hydrogens is 254 g/mol. The molecule has 0 saturated carbocycles. The van der Waals surface area contributed by atoms with Gasteiger partial charge in [-0.2, -0.15) is 0 Å². The molecule has 0 saturated heterocycles. The van der Waals surface area contributed by atoms with Gasteiger partial charge < -0.3 is 4.57 Å². The molecule has 0 aliphatic heterocycles. The molecule has 0 amide bonds. The highest BCUT2D eigenvalue weighted by Crippen LogP contribution is 2.26. The highest BCUT2D eigenvalue weighted by molar-refractivity contribution is 5.93. The third-order valence-electron chi connectivity index (χ3n) is 3.66. The minimum absolute atomic E-state index is 0.262. The Hall–Kier alpha value is -2.56. The van der Waals surface area contributed by atoms with E-state index in [-0.39, 0.29) is 11.2 Å². The van der Waals surface area contributed by atoms with Crippen molar-refractivity contribution in [3.05, 3.63) is 57.4 Å². The lowest BCUT2D eigenvalue weighted by Gasteiger charge is -2.06. The van der Waals surface area contributed by atoms with Crippen LogP contribution in [-0.2, 0) is 21.1 Å². The highest BCUT2D eigenvalue weighted by atomic mass is 16.2. The molecule has 0 atom stereocenters. The number of benzene rings is 1. The van der Waals surface area contributed by atoms with E-state index in [9.17, 15) is 9.59 Å². The molecule has 20 heavy (non-hydrogen) atoms. The first kappa shape index (κ1) is 12.5. The lowest BCUT2D eigenvalue weighted by atomic mass is 10.1. The summed E-state index contributed by atoms with van der Waals surface area (Å²) >= 11 is 0. The Balaban J connectivity index is 2.56. The summed E-state index contributed by atoms with van der Waals surface area (Å²) in [5.41, 5.74) is 1.87. The summed E-state index contributed by atoms with van der Waals surface area (Å²) < 4.78 is 4.54. The molecule has 102 valence electrons. The smallest absolute Gasteiger partial charge is 0.330 e. The Morgan fingerprint density at radius 1 is 0.900 bits per heavy atom. The lowest BCUT2D eigenvalue weighted by Crippen LogP contribution is -2.36. The first-order valence-corrected chi connectivity index (χ1v) is 6.33. The topological polar surface area (TPSA) is 48.9 Å². The summed E-state index contributed by atoms with van der Waals surface area (Å²) in [6.45, 7) is 0. The van der Waals surface area contributed by atoms with Gasteiger partial charge in [0, 0.05) is 27.3 Å². The van der Waals surface area contributed by atoms with Gasteiger partial charge in [0.15, 0.2) is 0 Å². The maximum atomic E-state index is 12.4. The number of fused-ring (bicyclic) bond motifs is 1. The van der Waals surface area contributed by atoms with E-state index in [0.717, 1.165) is 15.8 Å². The second-order valence-electron chi connectivity index (χ2n) is 4.92. The third-order valence-corrected chi connectivity index (χ3v) is 3.66. The second-order valence-corrected chi connectivity index (χ2v) is 4.92. The van der Waals surface area contributed by atoms with Crippen LogP contribution in [0.2, 0.25) is 0 Å². The SMILES string of the molecule is Cn1cc2c(c1-c1ccccc1)c(=O)n(C)c(=O)n2C. The molecule has 0 aliphatic carbocycles. The predicted octanol–water partition coefficient (Wildman–Crippen LogP) is 1.24. The number of hydrogen-bond donors (Lipinski definition) is 0. The summed E-state index contributed by atoms with van der Waals surface area (Å²) in [6, 6.07) is 9.71. The molecule has 0 fully saturated rings. The summed E-state index contributed by atoms with van der Waals surface area (Å²) in [5.74, 6) is 0. The van der Waals surface area contributed by atoms with Crippen LogP contribution in [0.5, 0.6) is 0 Å². The molecule has 0 aliphatic rings. The first-order valence-electron chi connectivity index (χ1n) is 6.33. The van der Waals surface area contributed by atoms with Crippen LogP contribution in [-0.4, -0.2) is 13.7 Å². The minimum atomic E-state index is -0.312. The Labute approximate surface area is 115 Å². The molecule has 0 N–H and O–H groups in total. The van der Waals surface area contributed by atoms with Crippen LogP contribution >= 0.6 is 0 Å². The molecule has 5 heteroatoms. The molecule has 2 aromatic heterocycles. The fraction of sp³-hybridized carbons (Fsp3) is 0.200. The summed E-state index contributed by atoms with van der Waals surface area (Å²) in [5, 5.41) is 0.573. The van der Waals surface area contributed by atoms with Crippen molar-refractivity contribution in [1.29, 1.82) is 0 Å². The number of hydrogen-bond acceptors (Lipinski definition) is 2. The number of rotatable bonds is 1. The van der Waals surface area contributed by atoms with E-state index >= 15 is 0 Å². The standard InChI is InChI=1S/C15H15N3O2/c1-16-9-11-12(13(16)10-7-5-4-6-8-10)14(19)18(3)15(20)17(11)2/h4-9H,1-3H3. The third kappa shape index (κ3) is 1.56. The zero-order valence-electron chi connectivity index (χ0n) is 11.6. The largest absolute Gasteiger partial charge is 0.348 e. The monoisotopic (exact) mass is 269 g/mol. The maximum Gasteiger partial charge on any atom is 0.330 e. The molecule has 5 nitrogen and oxygen atoms in total. The van der Waals surface area contributed by atoms with Crippen LogP contribution in [0.3, 0.4) is 0 Å². The molecule has 0 radical (unpaired) electrons. The number of aryl methyl sites for hydroxylation is 2. The summed E-state index contributed by atoms with van der Waals surface area (Å²) in [6.07, 6.45) is 1.82. The zero-order valence-corrected chi connectivity index (χ0v) is 11.6. The molecular formula is C15H15N3O2. The van der Waals surface area contributed by atoms with Gasteiger partial charge in [0.1, 0.15) is 0 Å². The van der Waals surface area contributed by atoms with Crippen molar-refractivity contribution >= 4 is 10.9 Å². The van der Waals surface area contributed by atoms with Crippen LogP contribution in [0.4, 0.5) is 0 Å². The molecule has 0 unspecified atom stereocenters. The predicted molar refractivity (Wildman–Crippen MR) is 78.8 cm³/mol. The lowest BCUT2D eigenvalue weighted by molar-refractivity contribution is 0.714. The van der Waals surface area contributed by atoms with Gasteiger partial charge in [-0.3, -0.25) is 13.9 Å². The summed E-state index contributed by atoms with van der Waals surface area (Å²) in [4.78, 5) is 24.4. The Kier molecular flexibility index (Phi) is 2.64. The highest BCUT2D eigenvalue weighted by Gasteiger charge is 2.17. The van der Waals surface area contributed by atoms with Gasteiger partial charge in [-0.05, 0) is 5.56 Å². The van der Waals surface area contributed by atoms with Gasteiger partial charge in [0.05, 0.1) is 16.6 Å². The van der Waals surface area contributed by atoms with Gasteiger partial charge in [-0.15, -0.1) is 0 Å². The Morgan fingerprint density at radius 3 is 2.20 bits per heavy atom. The van der Waals surface area contributed by atoms with Gasteiger partial charge in [-0.25, -0.2) is 4.79 Å². The van der Waals surface area contributed by atoms with Crippen molar-refractivity contribution in [2.75, 3.05) is 0 Å². The van der Waals surface area contributed by atoms with Crippen molar-refractivity contribution in [3.8, 4) is 11.3 Å². The Morgan fingerprint density at radius 2 is 1.55 bits per heavy atom. The van der Waals surface area contributed by atoms with E-state index in [1.54, 1.807) is 7.05 Å². The van der Waals surface area contributed by atoms with Crippen LogP contribution in [0.1, 0.15) is 0 Å². The van der Waals surface area contributed by atoms with E-state index in [1.165, 1.54) is 11.6 Å². The quantitative estimate of drug-likeness (QED) is 0.667.